The third-order valence-electron chi connectivity index (χ3n) is 2.12. The van der Waals surface area contributed by atoms with Gasteiger partial charge in [-0.1, -0.05) is 0 Å². The fourth-order valence-corrected chi connectivity index (χ4v) is 1.44. The van der Waals surface area contributed by atoms with Gasteiger partial charge in [-0.2, -0.15) is 5.10 Å². The largest absolute Gasteiger partial charge is 0.476 e. The van der Waals surface area contributed by atoms with Gasteiger partial charge in [0.15, 0.2) is 5.69 Å². The zero-order chi connectivity index (χ0) is 13.7. The Morgan fingerprint density at radius 3 is 2.83 bits per heavy atom. The van der Waals surface area contributed by atoms with Gasteiger partial charge in [0.1, 0.15) is 6.54 Å². The number of nitrogens with one attached hydrogen (secondary N) is 1. The van der Waals surface area contributed by atoms with Gasteiger partial charge in [-0.25, -0.2) is 4.79 Å². The fraction of sp³-hybridized carbons (Fsp3) is 0.500. The molecule has 0 aliphatic carbocycles. The molecule has 1 amide bonds. The van der Waals surface area contributed by atoms with Crippen molar-refractivity contribution in [2.45, 2.75) is 19.5 Å². The molecule has 0 radical (unpaired) electrons. The number of carbonyl (C=O) groups excluding carboxylic acids is 1. The number of rotatable bonds is 6. The molecule has 1 unspecified atom stereocenters. The molecule has 0 fully saturated rings. The summed E-state index contributed by atoms with van der Waals surface area (Å²) >= 11 is 0. The van der Waals surface area contributed by atoms with Crippen molar-refractivity contribution in [2.75, 3.05) is 19.5 Å². The van der Waals surface area contributed by atoms with Crippen molar-refractivity contribution in [1.29, 1.82) is 0 Å². The molecule has 0 bridgehead atoms. The minimum atomic E-state index is -1.22. The molecule has 0 aliphatic rings. The quantitative estimate of drug-likeness (QED) is 0.620. The van der Waals surface area contributed by atoms with Crippen molar-refractivity contribution in [3.63, 3.8) is 0 Å². The van der Waals surface area contributed by atoms with Crippen LogP contribution in [0.5, 0.6) is 0 Å². The van der Waals surface area contributed by atoms with Gasteiger partial charge in [-0.3, -0.25) is 9.48 Å². The van der Waals surface area contributed by atoms with E-state index < -0.39 is 5.97 Å². The first-order valence-corrected chi connectivity index (χ1v) is 5.28. The molecule has 4 N–H and O–H groups in total. The van der Waals surface area contributed by atoms with Crippen LogP contribution in [0.25, 0.3) is 0 Å². The molecular formula is C10H16N4O4. The van der Waals surface area contributed by atoms with Crippen LogP contribution in [0.4, 0.5) is 5.69 Å². The Balaban J connectivity index is 2.59. The van der Waals surface area contributed by atoms with Crippen LogP contribution in [-0.2, 0) is 16.1 Å². The SMILES string of the molecule is COCC(C)NC(=O)Cn1cc(N)c(C(=O)O)n1. The maximum atomic E-state index is 11.6. The summed E-state index contributed by atoms with van der Waals surface area (Å²) in [6.45, 7) is 2.10. The minimum absolute atomic E-state index is 0.0280. The zero-order valence-electron chi connectivity index (χ0n) is 10.2. The normalized spacial score (nSPS) is 12.1. The molecule has 1 rings (SSSR count). The van der Waals surface area contributed by atoms with Gasteiger partial charge in [-0.05, 0) is 6.92 Å². The van der Waals surface area contributed by atoms with E-state index in [9.17, 15) is 9.59 Å². The number of aromatic carboxylic acids is 1. The van der Waals surface area contributed by atoms with E-state index in [2.05, 4.69) is 10.4 Å². The number of amides is 1. The predicted molar refractivity (Wildman–Crippen MR) is 63.1 cm³/mol. The van der Waals surface area contributed by atoms with Crippen molar-refractivity contribution < 1.29 is 19.4 Å². The van der Waals surface area contributed by atoms with Gasteiger partial charge < -0.3 is 20.9 Å². The van der Waals surface area contributed by atoms with Crippen molar-refractivity contribution in [1.82, 2.24) is 15.1 Å². The Kier molecular flexibility index (Phi) is 4.67. The summed E-state index contributed by atoms with van der Waals surface area (Å²) in [7, 11) is 1.54. The van der Waals surface area contributed by atoms with Gasteiger partial charge >= 0.3 is 5.97 Å². The first kappa shape index (κ1) is 14.0. The molecule has 1 atom stereocenters. The lowest BCUT2D eigenvalue weighted by molar-refractivity contribution is -0.122. The smallest absolute Gasteiger partial charge is 0.358 e. The summed E-state index contributed by atoms with van der Waals surface area (Å²) in [5.41, 5.74) is 5.22. The van der Waals surface area contributed by atoms with E-state index >= 15 is 0 Å². The Labute approximate surface area is 104 Å². The van der Waals surface area contributed by atoms with Crippen LogP contribution in [0.15, 0.2) is 6.20 Å². The van der Waals surface area contributed by atoms with Crippen LogP contribution < -0.4 is 11.1 Å². The zero-order valence-corrected chi connectivity index (χ0v) is 10.2. The lowest BCUT2D eigenvalue weighted by Gasteiger charge is -2.12. The van der Waals surface area contributed by atoms with Gasteiger partial charge in [0, 0.05) is 19.3 Å². The highest BCUT2D eigenvalue weighted by Gasteiger charge is 2.15. The Morgan fingerprint density at radius 2 is 2.33 bits per heavy atom. The molecule has 1 heterocycles. The standard InChI is InChI=1S/C10H16N4O4/c1-6(5-18-2)12-8(15)4-14-3-7(11)9(13-14)10(16)17/h3,6H,4-5,11H2,1-2H3,(H,12,15)(H,16,17). The molecule has 1 aromatic heterocycles. The number of ether oxygens (including phenoxy) is 1. The monoisotopic (exact) mass is 256 g/mol. The van der Waals surface area contributed by atoms with Crippen LogP contribution in [0.1, 0.15) is 17.4 Å². The molecule has 0 aromatic carbocycles. The summed E-state index contributed by atoms with van der Waals surface area (Å²) in [6, 6.07) is -0.130. The number of carboxylic acid groups (broad SMARTS) is 1. The van der Waals surface area contributed by atoms with E-state index in [1.165, 1.54) is 18.0 Å². The molecule has 18 heavy (non-hydrogen) atoms. The van der Waals surface area contributed by atoms with Gasteiger partial charge in [0.25, 0.3) is 0 Å². The maximum Gasteiger partial charge on any atom is 0.358 e. The van der Waals surface area contributed by atoms with E-state index in [-0.39, 0.29) is 29.9 Å². The van der Waals surface area contributed by atoms with Crippen molar-refractivity contribution in [3.05, 3.63) is 11.9 Å². The maximum absolute atomic E-state index is 11.6. The Hall–Kier alpha value is -2.09. The molecule has 0 spiro atoms. The number of nitrogens with zero attached hydrogens (tertiary/aromatic N) is 2. The number of nitrogens with two attached hydrogens (primary N) is 1. The number of hydrogen-bond acceptors (Lipinski definition) is 5. The lowest BCUT2D eigenvalue weighted by Crippen LogP contribution is -2.37. The summed E-state index contributed by atoms with van der Waals surface area (Å²) in [5.74, 6) is -1.52. The highest BCUT2D eigenvalue weighted by atomic mass is 16.5. The van der Waals surface area contributed by atoms with Crippen LogP contribution in [-0.4, -0.2) is 46.5 Å². The first-order chi connectivity index (χ1) is 8.43. The number of anilines is 1. The number of nitrogen functional groups attached to an aromatic ring is 1. The number of aromatic nitrogens is 2. The molecule has 8 nitrogen and oxygen atoms in total. The van der Waals surface area contributed by atoms with E-state index in [0.717, 1.165) is 0 Å². The van der Waals surface area contributed by atoms with Gasteiger partial charge in [0.2, 0.25) is 5.91 Å². The van der Waals surface area contributed by atoms with Crippen LogP contribution in [0.3, 0.4) is 0 Å². The fourth-order valence-electron chi connectivity index (χ4n) is 1.44. The van der Waals surface area contributed by atoms with Crippen molar-refractivity contribution in [2.24, 2.45) is 0 Å². The summed E-state index contributed by atoms with van der Waals surface area (Å²) in [6.07, 6.45) is 1.31. The molecule has 100 valence electrons. The first-order valence-electron chi connectivity index (χ1n) is 5.28. The molecule has 0 saturated carbocycles. The summed E-state index contributed by atoms with van der Waals surface area (Å²) in [5, 5.41) is 15.1. The predicted octanol–water partition coefficient (Wildman–Crippen LogP) is -0.685. The number of hydrogen-bond donors (Lipinski definition) is 3. The second-order valence-corrected chi connectivity index (χ2v) is 3.86. The summed E-state index contributed by atoms with van der Waals surface area (Å²) in [4.78, 5) is 22.3. The average molecular weight is 256 g/mol. The molecule has 0 saturated heterocycles. The molecule has 8 heteroatoms. The second-order valence-electron chi connectivity index (χ2n) is 3.86. The Morgan fingerprint density at radius 1 is 1.67 bits per heavy atom. The van der Waals surface area contributed by atoms with E-state index in [1.807, 2.05) is 0 Å². The van der Waals surface area contributed by atoms with Crippen molar-refractivity contribution >= 4 is 17.6 Å². The number of methoxy groups -OCH3 is 1. The minimum Gasteiger partial charge on any atom is -0.476 e. The van der Waals surface area contributed by atoms with Crippen LogP contribution in [0, 0.1) is 0 Å². The topological polar surface area (TPSA) is 119 Å². The van der Waals surface area contributed by atoms with E-state index in [1.54, 1.807) is 6.92 Å². The van der Waals surface area contributed by atoms with E-state index in [0.29, 0.717) is 6.61 Å². The average Bonchev–Trinajstić information content (AvgIpc) is 2.59. The Bertz CT molecular complexity index is 443. The molecule has 1 aromatic rings. The lowest BCUT2D eigenvalue weighted by atomic mass is 10.3. The third-order valence-corrected chi connectivity index (χ3v) is 2.12. The van der Waals surface area contributed by atoms with Crippen molar-refractivity contribution in [3.8, 4) is 0 Å². The third kappa shape index (κ3) is 3.74. The van der Waals surface area contributed by atoms with Crippen LogP contribution in [0.2, 0.25) is 0 Å². The van der Waals surface area contributed by atoms with Gasteiger partial charge in [-0.15, -0.1) is 0 Å². The molecule has 0 aliphatic heterocycles. The van der Waals surface area contributed by atoms with Gasteiger partial charge in [0.05, 0.1) is 12.3 Å². The number of carboxylic acids is 1. The number of carbonyl (C=O) groups is 2. The molecular weight excluding hydrogens is 240 g/mol. The highest BCUT2D eigenvalue weighted by Crippen LogP contribution is 2.08. The van der Waals surface area contributed by atoms with Crippen LogP contribution >= 0.6 is 0 Å². The second kappa shape index (κ2) is 6.01. The van der Waals surface area contributed by atoms with E-state index in [4.69, 9.17) is 15.6 Å². The highest BCUT2D eigenvalue weighted by molar-refractivity contribution is 5.91. The summed E-state index contributed by atoms with van der Waals surface area (Å²) < 4.78 is 6.06.